The number of nitrogens with zero attached hydrogens (tertiary/aromatic N) is 3. The number of rotatable bonds is 7. The van der Waals surface area contributed by atoms with Crippen molar-refractivity contribution < 1.29 is 35.2 Å². The first kappa shape index (κ1) is 26.5. The van der Waals surface area contributed by atoms with E-state index in [0.29, 0.717) is 18.9 Å². The van der Waals surface area contributed by atoms with Crippen LogP contribution in [-0.2, 0) is 26.7 Å². The Kier molecular flexibility index (Phi) is 6.52. The number of allylic oxidation sites excluding steroid dienone is 1. The molecular weight excluding hydrogens is 519 g/mol. The molecule has 1 amide bonds. The zero-order valence-corrected chi connectivity index (χ0v) is 20.0. The Hall–Kier alpha value is -3.53. The largest absolute Gasteiger partial charge is 0.419 e. The molecule has 1 saturated carbocycles. The lowest BCUT2D eigenvalue weighted by atomic mass is 10.1. The minimum atomic E-state index is -4.87. The highest BCUT2D eigenvalue weighted by Crippen LogP contribution is 2.42. The zero-order chi connectivity index (χ0) is 27.2. The quantitative estimate of drug-likeness (QED) is 0.421. The minimum absolute atomic E-state index is 0.291. The van der Waals surface area contributed by atoms with Crippen LogP contribution in [0, 0.1) is 11.3 Å². The molecule has 4 rings (SSSR count). The van der Waals surface area contributed by atoms with Gasteiger partial charge in [0.15, 0.2) is 9.84 Å². The smallest absolute Gasteiger partial charge is 0.343 e. The van der Waals surface area contributed by atoms with Gasteiger partial charge in [-0.15, -0.1) is 0 Å². The fourth-order valence-electron chi connectivity index (χ4n) is 4.34. The third-order valence-corrected chi connectivity index (χ3v) is 8.69. The maximum absolute atomic E-state index is 14.5. The number of hydrogen-bond acceptors (Lipinski definition) is 6. The van der Waals surface area contributed by atoms with E-state index in [2.05, 4.69) is 16.9 Å². The third kappa shape index (κ3) is 4.90. The van der Waals surface area contributed by atoms with Crippen LogP contribution in [0.25, 0.3) is 0 Å². The molecule has 2 fully saturated rings. The van der Waals surface area contributed by atoms with Gasteiger partial charge in [-0.1, -0.05) is 24.8 Å². The molecule has 2 aromatic rings. The Labute approximate surface area is 209 Å². The van der Waals surface area contributed by atoms with Crippen LogP contribution in [0.5, 0.6) is 0 Å². The highest BCUT2D eigenvalue weighted by molar-refractivity contribution is 7.92. The molecule has 0 radical (unpaired) electrons. The molecule has 2 heterocycles. The highest BCUT2D eigenvalue weighted by Gasteiger charge is 2.51. The second-order valence-electron chi connectivity index (χ2n) is 8.95. The minimum Gasteiger partial charge on any atom is -0.343 e. The lowest BCUT2D eigenvalue weighted by Crippen LogP contribution is -2.48. The van der Waals surface area contributed by atoms with E-state index in [4.69, 9.17) is 0 Å². The number of halogens is 5. The number of benzene rings is 1. The highest BCUT2D eigenvalue weighted by atomic mass is 32.2. The van der Waals surface area contributed by atoms with Crippen LogP contribution in [0.1, 0.15) is 30.4 Å². The van der Waals surface area contributed by atoms with Crippen molar-refractivity contribution in [1.82, 2.24) is 10.3 Å². The molecule has 1 saturated heterocycles. The monoisotopic (exact) mass is 540 g/mol. The van der Waals surface area contributed by atoms with Crippen molar-refractivity contribution in [1.29, 1.82) is 5.26 Å². The summed E-state index contributed by atoms with van der Waals surface area (Å²) in [4.78, 5) is 17.1. The number of nitrogens with one attached hydrogen (secondary N) is 1. The van der Waals surface area contributed by atoms with E-state index >= 15 is 0 Å². The molecule has 7 nitrogen and oxygen atoms in total. The Morgan fingerprint density at radius 3 is 2.41 bits per heavy atom. The Morgan fingerprint density at radius 2 is 1.81 bits per heavy atom. The first-order valence-corrected chi connectivity index (χ1v) is 12.7. The molecule has 1 aromatic carbocycles. The molecule has 0 bridgehead atoms. The van der Waals surface area contributed by atoms with Crippen LogP contribution >= 0.6 is 0 Å². The molecule has 0 unspecified atom stereocenters. The topological polar surface area (TPSA) is 103 Å². The number of nitriles is 1. The maximum Gasteiger partial charge on any atom is 0.419 e. The Bertz CT molecular complexity index is 1380. The van der Waals surface area contributed by atoms with Gasteiger partial charge in [0, 0.05) is 18.3 Å². The molecule has 196 valence electrons. The molecule has 0 spiro atoms. The summed E-state index contributed by atoms with van der Waals surface area (Å²) in [5, 5.41) is 10.3. The van der Waals surface area contributed by atoms with Crippen molar-refractivity contribution >= 4 is 21.6 Å². The van der Waals surface area contributed by atoms with Gasteiger partial charge in [0.25, 0.3) is 5.92 Å². The molecule has 37 heavy (non-hydrogen) atoms. The van der Waals surface area contributed by atoms with Crippen LogP contribution in [0.2, 0.25) is 0 Å². The Morgan fingerprint density at radius 1 is 1.16 bits per heavy atom. The normalized spacial score (nSPS) is 21.2. The SMILES string of the molecule is C=CC(F)(F)c1ccccc1S(=O)(=O)[C@@H]1C[C@@H](C(=O)NC2(C#N)CC2)N(c2ncccc2C(F)(F)F)C1. The Balaban J connectivity index is 1.78. The van der Waals surface area contributed by atoms with Gasteiger partial charge in [0.05, 0.1) is 21.8 Å². The number of carbonyl (C=O) groups excluding carboxylic acids is 1. The zero-order valence-electron chi connectivity index (χ0n) is 19.2. The van der Waals surface area contributed by atoms with Crippen molar-refractivity contribution in [2.24, 2.45) is 0 Å². The molecule has 1 aliphatic carbocycles. The van der Waals surface area contributed by atoms with Crippen LogP contribution in [-0.4, -0.2) is 42.7 Å². The van der Waals surface area contributed by atoms with Crippen molar-refractivity contribution in [2.45, 2.75) is 53.1 Å². The van der Waals surface area contributed by atoms with Crippen molar-refractivity contribution in [3.05, 3.63) is 66.4 Å². The first-order chi connectivity index (χ1) is 17.3. The summed E-state index contributed by atoms with van der Waals surface area (Å²) in [6.45, 7) is 2.43. The summed E-state index contributed by atoms with van der Waals surface area (Å²) in [6.07, 6.45) is -3.34. The fourth-order valence-corrected chi connectivity index (χ4v) is 6.27. The van der Waals surface area contributed by atoms with Crippen LogP contribution in [0.15, 0.2) is 60.1 Å². The first-order valence-electron chi connectivity index (χ1n) is 11.1. The van der Waals surface area contributed by atoms with Crippen molar-refractivity contribution in [3.63, 3.8) is 0 Å². The third-order valence-electron chi connectivity index (χ3n) is 6.50. The molecule has 1 aromatic heterocycles. The van der Waals surface area contributed by atoms with E-state index < -0.39 is 79.5 Å². The second kappa shape index (κ2) is 9.09. The summed E-state index contributed by atoms with van der Waals surface area (Å²) in [5.74, 6) is -5.21. The number of anilines is 1. The summed E-state index contributed by atoms with van der Waals surface area (Å²) < 4.78 is 97.5. The van der Waals surface area contributed by atoms with E-state index in [1.807, 2.05) is 6.07 Å². The lowest BCUT2D eigenvalue weighted by Gasteiger charge is -2.28. The number of amides is 1. The number of sulfone groups is 1. The molecular formula is C24H21F5N4O3S. The number of carbonyl (C=O) groups is 1. The predicted octanol–water partition coefficient (Wildman–Crippen LogP) is 3.97. The van der Waals surface area contributed by atoms with Gasteiger partial charge in [-0.3, -0.25) is 4.79 Å². The number of aromatic nitrogens is 1. The number of hydrogen-bond donors (Lipinski definition) is 1. The van der Waals surface area contributed by atoms with Gasteiger partial charge < -0.3 is 10.2 Å². The van der Waals surface area contributed by atoms with E-state index in [1.54, 1.807) is 0 Å². The van der Waals surface area contributed by atoms with E-state index in [9.17, 15) is 40.4 Å². The number of alkyl halides is 5. The average Bonchev–Trinajstić information content (AvgIpc) is 3.48. The van der Waals surface area contributed by atoms with Gasteiger partial charge >= 0.3 is 6.18 Å². The fraction of sp³-hybridized carbons (Fsp3) is 0.375. The van der Waals surface area contributed by atoms with Crippen molar-refractivity contribution in [3.8, 4) is 6.07 Å². The van der Waals surface area contributed by atoms with E-state index in [1.165, 1.54) is 12.1 Å². The van der Waals surface area contributed by atoms with Crippen LogP contribution in [0.3, 0.4) is 0 Å². The van der Waals surface area contributed by atoms with Crippen LogP contribution < -0.4 is 10.2 Å². The van der Waals surface area contributed by atoms with E-state index in [0.717, 1.165) is 35.4 Å². The molecule has 1 aliphatic heterocycles. The van der Waals surface area contributed by atoms with Crippen LogP contribution in [0.4, 0.5) is 27.8 Å². The van der Waals surface area contributed by atoms with Gasteiger partial charge in [-0.05, 0) is 43.5 Å². The standard InChI is InChI=1S/C24H21F5N4O3S/c1-2-23(25,26)16-6-3-4-8-19(16)37(35,36)15-12-18(21(34)32-22(14-30)9-10-22)33(13-15)20-17(24(27,28)29)7-5-11-31-20/h2-8,11,15,18H,1,9-10,12-13H2,(H,32,34)/t15-,18+/m1/s1. The predicted molar refractivity (Wildman–Crippen MR) is 122 cm³/mol. The van der Waals surface area contributed by atoms with Crippen molar-refractivity contribution in [2.75, 3.05) is 11.4 Å². The van der Waals surface area contributed by atoms with Gasteiger partial charge in [-0.25, -0.2) is 13.4 Å². The summed E-state index contributed by atoms with van der Waals surface area (Å²) in [7, 11) is -4.58. The molecule has 1 N–H and O–H groups in total. The summed E-state index contributed by atoms with van der Waals surface area (Å²) >= 11 is 0. The summed E-state index contributed by atoms with van der Waals surface area (Å²) in [5.41, 5.74) is -3.19. The second-order valence-corrected chi connectivity index (χ2v) is 11.1. The molecule has 2 atom stereocenters. The average molecular weight is 541 g/mol. The lowest BCUT2D eigenvalue weighted by molar-refractivity contribution is -0.137. The van der Waals surface area contributed by atoms with Gasteiger partial charge in [0.1, 0.15) is 17.4 Å². The molecule has 2 aliphatic rings. The van der Waals surface area contributed by atoms with Gasteiger partial charge in [-0.2, -0.15) is 27.2 Å². The maximum atomic E-state index is 14.5. The summed E-state index contributed by atoms with van der Waals surface area (Å²) in [6, 6.07) is 6.67. The van der Waals surface area contributed by atoms with E-state index in [-0.39, 0.29) is 0 Å². The molecule has 13 heteroatoms. The van der Waals surface area contributed by atoms with Gasteiger partial charge in [0.2, 0.25) is 5.91 Å². The number of pyridine rings is 1.